The summed E-state index contributed by atoms with van der Waals surface area (Å²) in [6.45, 7) is 4.34. The van der Waals surface area contributed by atoms with Crippen molar-refractivity contribution in [3.8, 4) is 5.75 Å². The molecule has 3 rings (SSSR count). The summed E-state index contributed by atoms with van der Waals surface area (Å²) in [6, 6.07) is 8.28. The summed E-state index contributed by atoms with van der Waals surface area (Å²) < 4.78 is 5.22. The Morgan fingerprint density at radius 2 is 1.82 bits per heavy atom. The third-order valence-electron chi connectivity index (χ3n) is 5.89. The van der Waals surface area contributed by atoms with Crippen LogP contribution in [-0.2, 0) is 6.42 Å². The first kappa shape index (κ1) is 23.6. The monoisotopic (exact) mass is 518 g/mol. The van der Waals surface area contributed by atoms with E-state index in [9.17, 15) is 0 Å². The fourth-order valence-corrected chi connectivity index (χ4v) is 5.17. The smallest absolute Gasteiger partial charge is 0.191 e. The van der Waals surface area contributed by atoms with Gasteiger partial charge in [-0.25, -0.2) is 0 Å². The molecule has 0 aromatic heterocycles. The highest BCUT2D eigenvalue weighted by molar-refractivity contribution is 14.0. The number of rotatable bonds is 7. The number of guanidine groups is 1. The van der Waals surface area contributed by atoms with Crippen LogP contribution in [0.15, 0.2) is 29.3 Å². The second kappa shape index (κ2) is 12.1. The lowest BCUT2D eigenvalue weighted by Crippen LogP contribution is -2.57. The number of nitrogens with one attached hydrogen (secondary N) is 2. The quantitative estimate of drug-likeness (QED) is 0.330. The minimum atomic E-state index is 0. The first-order valence-corrected chi connectivity index (χ1v) is 11.3. The molecule has 0 atom stereocenters. The predicted molar refractivity (Wildman–Crippen MR) is 132 cm³/mol. The second-order valence-corrected chi connectivity index (χ2v) is 8.71. The molecule has 2 aliphatic rings. The van der Waals surface area contributed by atoms with Gasteiger partial charge in [0.2, 0.25) is 0 Å². The number of ether oxygens (including phenoxy) is 1. The molecule has 1 aromatic rings. The van der Waals surface area contributed by atoms with Crippen LogP contribution in [0.5, 0.6) is 5.75 Å². The molecular formula is C21H35IN4OS. The first-order valence-electron chi connectivity index (χ1n) is 10.2. The van der Waals surface area contributed by atoms with Gasteiger partial charge in [0.15, 0.2) is 5.96 Å². The molecule has 1 saturated heterocycles. The van der Waals surface area contributed by atoms with Crippen LogP contribution >= 0.6 is 35.7 Å². The average molecular weight is 519 g/mol. The number of nitrogens with zero attached hydrogens (tertiary/aromatic N) is 2. The molecule has 2 fully saturated rings. The van der Waals surface area contributed by atoms with E-state index in [1.54, 1.807) is 7.11 Å². The lowest BCUT2D eigenvalue weighted by Gasteiger charge is -2.43. The molecule has 2 N–H and O–H groups in total. The standard InChI is InChI=1S/C21H34N4OS.HI/c1-22-20(23-12-9-18-5-7-19(26-2)8-6-18)24-17-21(10-3-4-11-21)25-13-15-27-16-14-25;/h5-8H,3-4,9-17H2,1-2H3,(H2,22,23,24);1H. The molecule has 1 saturated carbocycles. The number of methoxy groups -OCH3 is 1. The number of hydrogen-bond donors (Lipinski definition) is 2. The molecule has 28 heavy (non-hydrogen) atoms. The van der Waals surface area contributed by atoms with Crippen LogP contribution in [-0.4, -0.2) is 68.2 Å². The van der Waals surface area contributed by atoms with Gasteiger partial charge in [-0.15, -0.1) is 24.0 Å². The molecular weight excluding hydrogens is 483 g/mol. The molecule has 1 aliphatic heterocycles. The summed E-state index contributed by atoms with van der Waals surface area (Å²) >= 11 is 2.09. The van der Waals surface area contributed by atoms with Crippen LogP contribution in [0.3, 0.4) is 0 Å². The highest BCUT2D eigenvalue weighted by Crippen LogP contribution is 2.36. The van der Waals surface area contributed by atoms with Gasteiger partial charge in [0.25, 0.3) is 0 Å². The van der Waals surface area contributed by atoms with Crippen molar-refractivity contribution in [2.75, 3.05) is 51.8 Å². The Hall–Kier alpha value is -0.670. The van der Waals surface area contributed by atoms with Crippen LogP contribution in [0.2, 0.25) is 0 Å². The van der Waals surface area contributed by atoms with Gasteiger partial charge in [-0.3, -0.25) is 9.89 Å². The van der Waals surface area contributed by atoms with E-state index in [-0.39, 0.29) is 24.0 Å². The maximum atomic E-state index is 5.22. The average Bonchev–Trinajstić information content (AvgIpc) is 3.22. The Morgan fingerprint density at radius 1 is 1.14 bits per heavy atom. The minimum Gasteiger partial charge on any atom is -0.497 e. The molecule has 158 valence electrons. The van der Waals surface area contributed by atoms with Crippen LogP contribution in [0.25, 0.3) is 0 Å². The third-order valence-corrected chi connectivity index (χ3v) is 6.83. The summed E-state index contributed by atoms with van der Waals surface area (Å²) in [5, 5.41) is 7.10. The lowest BCUT2D eigenvalue weighted by atomic mass is 9.94. The fourth-order valence-electron chi connectivity index (χ4n) is 4.26. The number of aliphatic imine (C=N–C) groups is 1. The molecule has 0 unspecified atom stereocenters. The maximum absolute atomic E-state index is 5.22. The lowest BCUT2D eigenvalue weighted by molar-refractivity contribution is 0.107. The van der Waals surface area contributed by atoms with Crippen molar-refractivity contribution < 1.29 is 4.74 Å². The van der Waals surface area contributed by atoms with E-state index in [0.29, 0.717) is 5.54 Å². The third kappa shape index (κ3) is 6.42. The Kier molecular flexibility index (Phi) is 10.2. The summed E-state index contributed by atoms with van der Waals surface area (Å²) in [7, 11) is 3.56. The van der Waals surface area contributed by atoms with E-state index in [1.165, 1.54) is 55.8 Å². The Balaban J connectivity index is 0.00000280. The largest absolute Gasteiger partial charge is 0.497 e. The highest BCUT2D eigenvalue weighted by Gasteiger charge is 2.39. The Labute approximate surface area is 191 Å². The van der Waals surface area contributed by atoms with Crippen LogP contribution < -0.4 is 15.4 Å². The van der Waals surface area contributed by atoms with Crippen LogP contribution in [0.1, 0.15) is 31.2 Å². The number of halogens is 1. The zero-order valence-corrected chi connectivity index (χ0v) is 20.4. The topological polar surface area (TPSA) is 48.9 Å². The summed E-state index contributed by atoms with van der Waals surface area (Å²) in [5.41, 5.74) is 1.63. The molecule has 5 nitrogen and oxygen atoms in total. The molecule has 0 radical (unpaired) electrons. The molecule has 1 aromatic carbocycles. The van der Waals surface area contributed by atoms with Crippen molar-refractivity contribution in [3.63, 3.8) is 0 Å². The molecule has 0 amide bonds. The van der Waals surface area contributed by atoms with Gasteiger partial charge in [0.05, 0.1) is 7.11 Å². The maximum Gasteiger partial charge on any atom is 0.191 e. The minimum absolute atomic E-state index is 0. The van der Waals surface area contributed by atoms with Crippen LogP contribution in [0.4, 0.5) is 0 Å². The summed E-state index contributed by atoms with van der Waals surface area (Å²) in [6.07, 6.45) is 6.31. The van der Waals surface area contributed by atoms with E-state index in [4.69, 9.17) is 4.74 Å². The highest BCUT2D eigenvalue weighted by atomic mass is 127. The molecule has 0 bridgehead atoms. The van der Waals surface area contributed by atoms with Gasteiger partial charge in [-0.05, 0) is 37.0 Å². The molecule has 1 aliphatic carbocycles. The SMILES string of the molecule is CN=C(NCCc1ccc(OC)cc1)NCC1(N2CCSCC2)CCCC1.I. The number of benzene rings is 1. The zero-order valence-electron chi connectivity index (χ0n) is 17.2. The van der Waals surface area contributed by atoms with Crippen molar-refractivity contribution >= 4 is 41.7 Å². The summed E-state index contributed by atoms with van der Waals surface area (Å²) in [4.78, 5) is 7.18. The van der Waals surface area contributed by atoms with E-state index >= 15 is 0 Å². The molecule has 7 heteroatoms. The van der Waals surface area contributed by atoms with Crippen molar-refractivity contribution in [1.29, 1.82) is 0 Å². The van der Waals surface area contributed by atoms with Crippen molar-refractivity contribution in [2.24, 2.45) is 4.99 Å². The van der Waals surface area contributed by atoms with E-state index < -0.39 is 0 Å². The Morgan fingerprint density at radius 3 is 2.43 bits per heavy atom. The normalized spacial score (nSPS) is 19.7. The van der Waals surface area contributed by atoms with Crippen molar-refractivity contribution in [3.05, 3.63) is 29.8 Å². The van der Waals surface area contributed by atoms with Crippen LogP contribution in [0, 0.1) is 0 Å². The van der Waals surface area contributed by atoms with Gasteiger partial charge < -0.3 is 15.4 Å². The zero-order chi connectivity index (χ0) is 19.0. The Bertz CT molecular complexity index is 599. The summed E-state index contributed by atoms with van der Waals surface area (Å²) in [5.74, 6) is 4.37. The van der Waals surface area contributed by atoms with Gasteiger partial charge in [0, 0.05) is 50.3 Å². The van der Waals surface area contributed by atoms with Crippen molar-refractivity contribution in [1.82, 2.24) is 15.5 Å². The molecule has 0 spiro atoms. The second-order valence-electron chi connectivity index (χ2n) is 7.48. The fraction of sp³-hybridized carbons (Fsp3) is 0.667. The van der Waals surface area contributed by atoms with E-state index in [2.05, 4.69) is 44.4 Å². The predicted octanol–water partition coefficient (Wildman–Crippen LogP) is 3.38. The van der Waals surface area contributed by atoms with Gasteiger partial charge in [0.1, 0.15) is 5.75 Å². The number of hydrogen-bond acceptors (Lipinski definition) is 4. The van der Waals surface area contributed by atoms with E-state index in [0.717, 1.165) is 31.2 Å². The first-order chi connectivity index (χ1) is 13.3. The molecule has 1 heterocycles. The van der Waals surface area contributed by atoms with Gasteiger partial charge >= 0.3 is 0 Å². The van der Waals surface area contributed by atoms with Gasteiger partial charge in [-0.2, -0.15) is 11.8 Å². The van der Waals surface area contributed by atoms with Gasteiger partial charge in [-0.1, -0.05) is 25.0 Å². The van der Waals surface area contributed by atoms with Crippen molar-refractivity contribution in [2.45, 2.75) is 37.6 Å². The number of thioether (sulfide) groups is 1. The van der Waals surface area contributed by atoms with E-state index in [1.807, 2.05) is 19.2 Å².